The summed E-state index contributed by atoms with van der Waals surface area (Å²) in [6.07, 6.45) is -4.69. The number of ether oxygens (including phenoxy) is 2. The van der Waals surface area contributed by atoms with E-state index in [1.54, 1.807) is 12.1 Å². The summed E-state index contributed by atoms with van der Waals surface area (Å²) in [7, 11) is 0. The van der Waals surface area contributed by atoms with Gasteiger partial charge in [-0.25, -0.2) is 4.79 Å². The van der Waals surface area contributed by atoms with Gasteiger partial charge in [-0.15, -0.1) is 11.8 Å². The molecule has 1 heterocycles. The molecule has 134 valence electrons. The highest BCUT2D eigenvalue weighted by atomic mass is 35.5. The van der Waals surface area contributed by atoms with E-state index in [-0.39, 0.29) is 10.8 Å². The minimum absolute atomic E-state index is 0.133. The summed E-state index contributed by atoms with van der Waals surface area (Å²) in [5.41, 5.74) is -0.421. The van der Waals surface area contributed by atoms with Crippen molar-refractivity contribution in [3.05, 3.63) is 34.9 Å². The van der Waals surface area contributed by atoms with Crippen LogP contribution in [0, 0.1) is 0 Å². The van der Waals surface area contributed by atoms with E-state index in [2.05, 4.69) is 0 Å². The van der Waals surface area contributed by atoms with Crippen LogP contribution in [0.15, 0.2) is 24.3 Å². The molecule has 0 spiro atoms. The number of benzene rings is 1. The van der Waals surface area contributed by atoms with Crippen molar-refractivity contribution in [1.82, 2.24) is 0 Å². The van der Waals surface area contributed by atoms with Gasteiger partial charge >= 0.3 is 5.97 Å². The number of rotatable bonds is 5. The van der Waals surface area contributed by atoms with Crippen molar-refractivity contribution in [2.75, 3.05) is 6.61 Å². The van der Waals surface area contributed by atoms with E-state index in [1.165, 1.54) is 23.9 Å². The summed E-state index contributed by atoms with van der Waals surface area (Å²) in [4.78, 5) is 12.3. The van der Waals surface area contributed by atoms with Crippen molar-refractivity contribution >= 4 is 29.3 Å². The van der Waals surface area contributed by atoms with Gasteiger partial charge in [0.05, 0.1) is 12.2 Å². The minimum Gasteiger partial charge on any atom is -0.452 e. The van der Waals surface area contributed by atoms with Crippen LogP contribution in [0.25, 0.3) is 0 Å². The molecule has 0 radical (unpaired) electrons. The van der Waals surface area contributed by atoms with Gasteiger partial charge in [0.1, 0.15) is 23.7 Å². The zero-order valence-corrected chi connectivity index (χ0v) is 14.9. The molecule has 0 unspecified atom stereocenters. The molecular formula is C16H21ClO6S. The minimum atomic E-state index is -1.36. The highest BCUT2D eigenvalue weighted by Crippen LogP contribution is 2.33. The van der Waals surface area contributed by atoms with Gasteiger partial charge in [0.25, 0.3) is 0 Å². The first-order chi connectivity index (χ1) is 11.3. The highest BCUT2D eigenvalue weighted by molar-refractivity contribution is 8.00. The number of aliphatic hydroxyl groups is 3. The van der Waals surface area contributed by atoms with E-state index < -0.39 is 42.4 Å². The fraction of sp³-hybridized carbons (Fsp3) is 0.562. The fourth-order valence-electron chi connectivity index (χ4n) is 2.34. The van der Waals surface area contributed by atoms with Crippen molar-refractivity contribution in [2.24, 2.45) is 0 Å². The van der Waals surface area contributed by atoms with Gasteiger partial charge in [0, 0.05) is 10.3 Å². The first kappa shape index (κ1) is 19.5. The molecule has 8 heteroatoms. The number of aliphatic hydroxyl groups excluding tert-OH is 3. The molecule has 24 heavy (non-hydrogen) atoms. The lowest BCUT2D eigenvalue weighted by atomic mass is 10.00. The molecule has 0 amide bonds. The largest absolute Gasteiger partial charge is 0.452 e. The zero-order valence-electron chi connectivity index (χ0n) is 13.3. The van der Waals surface area contributed by atoms with Crippen LogP contribution in [0.2, 0.25) is 5.02 Å². The zero-order chi connectivity index (χ0) is 17.9. The average molecular weight is 377 g/mol. The first-order valence-corrected chi connectivity index (χ1v) is 8.90. The van der Waals surface area contributed by atoms with Gasteiger partial charge in [-0.3, -0.25) is 0 Å². The maximum Gasteiger partial charge on any atom is 0.338 e. The van der Waals surface area contributed by atoms with E-state index in [4.69, 9.17) is 21.1 Å². The second kappa shape index (κ2) is 8.51. The Bertz CT molecular complexity index is 552. The Morgan fingerprint density at radius 1 is 1.29 bits per heavy atom. The first-order valence-electron chi connectivity index (χ1n) is 7.58. The van der Waals surface area contributed by atoms with E-state index in [0.29, 0.717) is 5.02 Å². The Morgan fingerprint density at radius 3 is 2.46 bits per heavy atom. The van der Waals surface area contributed by atoms with Crippen molar-refractivity contribution in [2.45, 2.75) is 48.9 Å². The summed E-state index contributed by atoms with van der Waals surface area (Å²) >= 11 is 7.14. The molecule has 0 bridgehead atoms. The molecule has 1 aliphatic heterocycles. The molecule has 0 aliphatic carbocycles. The number of carbonyl (C=O) groups excluding carboxylic acids is 1. The van der Waals surface area contributed by atoms with Gasteiger partial charge < -0.3 is 24.8 Å². The van der Waals surface area contributed by atoms with Crippen molar-refractivity contribution in [3.63, 3.8) is 0 Å². The molecule has 6 nitrogen and oxygen atoms in total. The second-order valence-corrected chi connectivity index (χ2v) is 7.88. The number of halogens is 1. The Kier molecular flexibility index (Phi) is 6.91. The van der Waals surface area contributed by atoms with Gasteiger partial charge in [0.15, 0.2) is 6.10 Å². The third-order valence-corrected chi connectivity index (χ3v) is 5.00. The number of hydrogen-bond donors (Lipinski definition) is 3. The Hall–Kier alpha value is -0.830. The Morgan fingerprint density at radius 2 is 1.92 bits per heavy atom. The van der Waals surface area contributed by atoms with Crippen LogP contribution >= 0.6 is 23.4 Å². The van der Waals surface area contributed by atoms with Crippen LogP contribution < -0.4 is 0 Å². The van der Waals surface area contributed by atoms with E-state index in [0.717, 1.165) is 0 Å². The van der Waals surface area contributed by atoms with Gasteiger partial charge in [-0.05, 0) is 24.3 Å². The molecule has 1 saturated heterocycles. The second-order valence-electron chi connectivity index (χ2n) is 5.77. The molecule has 1 aromatic carbocycles. The lowest BCUT2D eigenvalue weighted by Gasteiger charge is -2.41. The topological polar surface area (TPSA) is 96.2 Å². The molecule has 0 aromatic heterocycles. The maximum atomic E-state index is 12.3. The smallest absolute Gasteiger partial charge is 0.338 e. The normalized spacial score (nSPS) is 30.4. The maximum absolute atomic E-state index is 12.3. The molecule has 1 aliphatic rings. The van der Waals surface area contributed by atoms with Gasteiger partial charge in [0.2, 0.25) is 0 Å². The Labute approximate surface area is 149 Å². The molecular weight excluding hydrogens is 356 g/mol. The van der Waals surface area contributed by atoms with Crippen LogP contribution in [0.4, 0.5) is 0 Å². The number of thioether (sulfide) groups is 1. The van der Waals surface area contributed by atoms with Crippen LogP contribution in [0.1, 0.15) is 24.2 Å². The highest BCUT2D eigenvalue weighted by Gasteiger charge is 2.47. The standard InChI is InChI=1S/C16H21ClO6S/c1-8(2)24-16-14(13(20)12(19)11(7-18)22-16)23-15(21)9-3-5-10(17)6-4-9/h3-6,8,11-14,16,18-20H,7H2,1-2H3/t11-,12+,13+,14-,16+/m1/s1. The third-order valence-electron chi connectivity index (χ3n) is 3.55. The predicted octanol–water partition coefficient (Wildman–Crippen LogP) is 1.45. The summed E-state index contributed by atoms with van der Waals surface area (Å²) in [5, 5.41) is 30.2. The molecule has 1 aromatic rings. The van der Waals surface area contributed by atoms with Crippen molar-refractivity contribution in [3.8, 4) is 0 Å². The van der Waals surface area contributed by atoms with Crippen LogP contribution in [0.5, 0.6) is 0 Å². The van der Waals surface area contributed by atoms with Crippen LogP contribution in [0.3, 0.4) is 0 Å². The molecule has 2 rings (SSSR count). The third kappa shape index (κ3) is 4.62. The Balaban J connectivity index is 2.16. The summed E-state index contributed by atoms with van der Waals surface area (Å²) in [6, 6.07) is 6.14. The monoisotopic (exact) mass is 376 g/mol. The quantitative estimate of drug-likeness (QED) is 0.669. The number of carbonyl (C=O) groups is 1. The SMILES string of the molecule is CC(C)S[C@@H]1O[C@H](CO)[C@H](O)[C@H](O)[C@H]1OC(=O)c1ccc(Cl)cc1. The summed E-state index contributed by atoms with van der Waals surface area (Å²) < 4.78 is 11.0. The average Bonchev–Trinajstić information content (AvgIpc) is 2.54. The number of esters is 1. The van der Waals surface area contributed by atoms with Crippen LogP contribution in [-0.2, 0) is 9.47 Å². The van der Waals surface area contributed by atoms with E-state index in [9.17, 15) is 20.1 Å². The number of hydrogen-bond acceptors (Lipinski definition) is 7. The van der Waals surface area contributed by atoms with E-state index >= 15 is 0 Å². The van der Waals surface area contributed by atoms with Crippen molar-refractivity contribution < 1.29 is 29.6 Å². The summed E-state index contributed by atoms with van der Waals surface area (Å²) in [5.74, 6) is -0.650. The van der Waals surface area contributed by atoms with E-state index in [1.807, 2.05) is 13.8 Å². The van der Waals surface area contributed by atoms with Crippen molar-refractivity contribution in [1.29, 1.82) is 0 Å². The fourth-order valence-corrected chi connectivity index (χ4v) is 3.58. The lowest BCUT2D eigenvalue weighted by Crippen LogP contribution is -2.59. The lowest BCUT2D eigenvalue weighted by molar-refractivity contribution is -0.206. The predicted molar refractivity (Wildman–Crippen MR) is 91.1 cm³/mol. The van der Waals surface area contributed by atoms with Gasteiger partial charge in [-0.1, -0.05) is 25.4 Å². The van der Waals surface area contributed by atoms with Crippen LogP contribution in [-0.4, -0.2) is 63.0 Å². The molecule has 5 atom stereocenters. The molecule has 0 saturated carbocycles. The molecule has 1 fully saturated rings. The van der Waals surface area contributed by atoms with Gasteiger partial charge in [-0.2, -0.15) is 0 Å². The summed E-state index contributed by atoms with van der Waals surface area (Å²) in [6.45, 7) is 3.42. The molecule has 3 N–H and O–H groups in total.